The van der Waals surface area contributed by atoms with Gasteiger partial charge in [0, 0.05) is 13.1 Å². The Balaban J connectivity index is 2.23. The highest BCUT2D eigenvalue weighted by atomic mass is 32.2. The molecule has 0 saturated carbocycles. The number of anilines is 1. The molecule has 0 aromatic carbocycles. The molecule has 1 aliphatic heterocycles. The van der Waals surface area contributed by atoms with Crippen molar-refractivity contribution in [3.63, 3.8) is 0 Å². The molecule has 1 aromatic rings. The fourth-order valence-corrected chi connectivity index (χ4v) is 4.16. The van der Waals surface area contributed by atoms with Crippen molar-refractivity contribution in [3.05, 3.63) is 0 Å². The lowest BCUT2D eigenvalue weighted by Crippen LogP contribution is -2.31. The molecule has 1 aromatic heterocycles. The molecule has 1 fully saturated rings. The number of hydrogen-bond donors (Lipinski definition) is 1. The molecule has 8 heteroatoms. The van der Waals surface area contributed by atoms with Crippen LogP contribution in [-0.4, -0.2) is 36.0 Å². The molecule has 0 unspecified atom stereocenters. The third-order valence-corrected chi connectivity index (χ3v) is 5.54. The van der Waals surface area contributed by atoms with Gasteiger partial charge in [0.1, 0.15) is 0 Å². The maximum atomic E-state index is 12.1. The number of nitrogen functional groups attached to an aromatic ring is 1. The summed E-state index contributed by atoms with van der Waals surface area (Å²) in [4.78, 5) is 0. The molecule has 2 heterocycles. The Labute approximate surface area is 98.5 Å². The number of nitrogens with two attached hydrogens (primary N) is 1. The molecular formula is C8H14N4O2S2. The summed E-state index contributed by atoms with van der Waals surface area (Å²) in [6, 6.07) is 0. The van der Waals surface area contributed by atoms with Crippen molar-refractivity contribution < 1.29 is 8.42 Å². The van der Waals surface area contributed by atoms with E-state index in [-0.39, 0.29) is 9.47 Å². The van der Waals surface area contributed by atoms with Crippen LogP contribution in [-0.2, 0) is 10.0 Å². The van der Waals surface area contributed by atoms with Gasteiger partial charge in [-0.15, -0.1) is 10.2 Å². The van der Waals surface area contributed by atoms with E-state index in [1.165, 1.54) is 4.31 Å². The molecule has 2 N–H and O–H groups in total. The van der Waals surface area contributed by atoms with E-state index in [1.807, 2.05) is 0 Å². The maximum absolute atomic E-state index is 12.1. The van der Waals surface area contributed by atoms with E-state index in [0.29, 0.717) is 13.1 Å². The summed E-state index contributed by atoms with van der Waals surface area (Å²) in [6.45, 7) is 1.14. The molecule has 0 amide bonds. The average Bonchev–Trinajstić information content (AvgIpc) is 2.54. The van der Waals surface area contributed by atoms with E-state index in [4.69, 9.17) is 5.73 Å². The van der Waals surface area contributed by atoms with Crippen LogP contribution in [0.2, 0.25) is 0 Å². The monoisotopic (exact) mass is 262 g/mol. The lowest BCUT2D eigenvalue weighted by atomic mass is 10.2. The Kier molecular flexibility index (Phi) is 3.41. The minimum Gasteiger partial charge on any atom is -0.374 e. The normalized spacial score (nSPS) is 19.5. The Morgan fingerprint density at radius 1 is 1.12 bits per heavy atom. The van der Waals surface area contributed by atoms with Crippen molar-refractivity contribution in [3.8, 4) is 0 Å². The van der Waals surface area contributed by atoms with Crippen molar-refractivity contribution in [1.29, 1.82) is 0 Å². The Morgan fingerprint density at radius 2 is 1.75 bits per heavy atom. The zero-order chi connectivity index (χ0) is 11.6. The van der Waals surface area contributed by atoms with Gasteiger partial charge < -0.3 is 5.73 Å². The molecule has 16 heavy (non-hydrogen) atoms. The zero-order valence-electron chi connectivity index (χ0n) is 8.79. The van der Waals surface area contributed by atoms with Gasteiger partial charge in [0.25, 0.3) is 10.0 Å². The molecule has 1 aliphatic rings. The second-order valence-electron chi connectivity index (χ2n) is 3.72. The van der Waals surface area contributed by atoms with Crippen LogP contribution in [0, 0.1) is 0 Å². The van der Waals surface area contributed by atoms with E-state index >= 15 is 0 Å². The molecule has 90 valence electrons. The summed E-state index contributed by atoms with van der Waals surface area (Å²) in [5.74, 6) is 0. The highest BCUT2D eigenvalue weighted by Gasteiger charge is 2.28. The van der Waals surface area contributed by atoms with Crippen molar-refractivity contribution in [2.75, 3.05) is 18.8 Å². The van der Waals surface area contributed by atoms with Crippen molar-refractivity contribution >= 4 is 26.5 Å². The topological polar surface area (TPSA) is 89.2 Å². The molecule has 2 rings (SSSR count). The number of sulfonamides is 1. The van der Waals surface area contributed by atoms with Crippen LogP contribution in [0.15, 0.2) is 4.34 Å². The predicted octanol–water partition coefficient (Wildman–Crippen LogP) is 0.685. The molecule has 0 spiro atoms. The maximum Gasteiger partial charge on any atom is 0.272 e. The fourth-order valence-electron chi connectivity index (χ4n) is 1.72. The molecular weight excluding hydrogens is 248 g/mol. The smallest absolute Gasteiger partial charge is 0.272 e. The van der Waals surface area contributed by atoms with E-state index in [9.17, 15) is 8.42 Å². The fraction of sp³-hybridized carbons (Fsp3) is 0.750. The molecule has 6 nitrogen and oxygen atoms in total. The second kappa shape index (κ2) is 4.64. The van der Waals surface area contributed by atoms with Gasteiger partial charge in [-0.2, -0.15) is 4.31 Å². The largest absolute Gasteiger partial charge is 0.374 e. The standard InChI is InChI=1S/C8H14N4O2S2/c9-7-10-11-8(15-7)16(13,14)12-5-3-1-2-4-6-12/h1-6H2,(H2,9,10). The summed E-state index contributed by atoms with van der Waals surface area (Å²) in [6.07, 6.45) is 4.00. The molecule has 0 atom stereocenters. The minimum atomic E-state index is -3.47. The van der Waals surface area contributed by atoms with Gasteiger partial charge in [0.2, 0.25) is 9.47 Å². The summed E-state index contributed by atoms with van der Waals surface area (Å²) in [7, 11) is -3.47. The van der Waals surface area contributed by atoms with Crippen LogP contribution in [0.25, 0.3) is 0 Å². The molecule has 0 radical (unpaired) electrons. The van der Waals surface area contributed by atoms with Crippen LogP contribution in [0.3, 0.4) is 0 Å². The first kappa shape index (κ1) is 11.7. The molecule has 0 bridgehead atoms. The molecule has 1 saturated heterocycles. The zero-order valence-corrected chi connectivity index (χ0v) is 10.4. The first-order valence-electron chi connectivity index (χ1n) is 5.20. The third-order valence-electron chi connectivity index (χ3n) is 2.55. The summed E-state index contributed by atoms with van der Waals surface area (Å²) in [5.41, 5.74) is 5.40. The van der Waals surface area contributed by atoms with Gasteiger partial charge in [0.05, 0.1) is 0 Å². The summed E-state index contributed by atoms with van der Waals surface area (Å²) >= 11 is 0.921. The number of hydrogen-bond acceptors (Lipinski definition) is 6. The Bertz CT molecular complexity index is 448. The first-order valence-corrected chi connectivity index (χ1v) is 7.45. The van der Waals surface area contributed by atoms with Crippen LogP contribution in [0.1, 0.15) is 25.7 Å². The van der Waals surface area contributed by atoms with Crippen molar-refractivity contribution in [2.24, 2.45) is 0 Å². The first-order chi connectivity index (χ1) is 7.60. The van der Waals surface area contributed by atoms with Crippen molar-refractivity contribution in [2.45, 2.75) is 30.0 Å². The third kappa shape index (κ3) is 2.33. The summed E-state index contributed by atoms with van der Waals surface area (Å²) in [5, 5.41) is 7.34. The quantitative estimate of drug-likeness (QED) is 0.846. The number of rotatable bonds is 2. The van der Waals surface area contributed by atoms with Gasteiger partial charge in [-0.25, -0.2) is 8.42 Å². The SMILES string of the molecule is Nc1nnc(S(=O)(=O)N2CCCCCC2)s1. The highest BCUT2D eigenvalue weighted by Crippen LogP contribution is 2.23. The Morgan fingerprint density at radius 3 is 2.25 bits per heavy atom. The number of aromatic nitrogens is 2. The van der Waals surface area contributed by atoms with Gasteiger partial charge in [0.15, 0.2) is 0 Å². The Hall–Kier alpha value is -0.730. The van der Waals surface area contributed by atoms with Crippen LogP contribution >= 0.6 is 11.3 Å². The average molecular weight is 262 g/mol. The highest BCUT2D eigenvalue weighted by molar-refractivity contribution is 7.91. The van der Waals surface area contributed by atoms with Crippen LogP contribution in [0.4, 0.5) is 5.13 Å². The number of nitrogens with zero attached hydrogens (tertiary/aromatic N) is 3. The van der Waals surface area contributed by atoms with E-state index in [1.54, 1.807) is 0 Å². The minimum absolute atomic E-state index is 0.00639. The molecule has 0 aliphatic carbocycles. The van der Waals surface area contributed by atoms with E-state index < -0.39 is 10.0 Å². The van der Waals surface area contributed by atoms with E-state index in [0.717, 1.165) is 37.0 Å². The lowest BCUT2D eigenvalue weighted by Gasteiger charge is -2.17. The lowest BCUT2D eigenvalue weighted by molar-refractivity contribution is 0.423. The second-order valence-corrected chi connectivity index (χ2v) is 6.85. The van der Waals surface area contributed by atoms with Gasteiger partial charge in [-0.1, -0.05) is 24.2 Å². The van der Waals surface area contributed by atoms with Gasteiger partial charge in [-0.05, 0) is 12.8 Å². The van der Waals surface area contributed by atoms with E-state index in [2.05, 4.69) is 10.2 Å². The summed E-state index contributed by atoms with van der Waals surface area (Å²) < 4.78 is 25.8. The van der Waals surface area contributed by atoms with Crippen LogP contribution < -0.4 is 5.73 Å². The predicted molar refractivity (Wildman–Crippen MR) is 61.5 cm³/mol. The van der Waals surface area contributed by atoms with Crippen LogP contribution in [0.5, 0.6) is 0 Å². The van der Waals surface area contributed by atoms with Gasteiger partial charge in [-0.3, -0.25) is 0 Å². The van der Waals surface area contributed by atoms with Crippen molar-refractivity contribution in [1.82, 2.24) is 14.5 Å². The van der Waals surface area contributed by atoms with Gasteiger partial charge >= 0.3 is 0 Å².